The quantitative estimate of drug-likeness (QED) is 0.226. The van der Waals surface area contributed by atoms with Crippen molar-refractivity contribution in [3.63, 3.8) is 0 Å². The second-order valence-corrected chi connectivity index (χ2v) is 6.26. The molecule has 2 aliphatic rings. The van der Waals surface area contributed by atoms with Crippen LogP contribution in [0.15, 0.2) is 0 Å². The lowest BCUT2D eigenvalue weighted by Crippen LogP contribution is -2.67. The van der Waals surface area contributed by atoms with Crippen LogP contribution in [0.2, 0.25) is 0 Å². The molecule has 1 amide bonds. The third kappa shape index (κ3) is 4.31. The molecule has 2 fully saturated rings. The summed E-state index contributed by atoms with van der Waals surface area (Å²) < 4.78 is 15.6. The number of hydrogen-bond acceptors (Lipinski definition) is 11. The molecule has 10 atom stereocenters. The van der Waals surface area contributed by atoms with Crippen molar-refractivity contribution in [3.05, 3.63) is 0 Å². The average molecular weight is 383 g/mol. The van der Waals surface area contributed by atoms with E-state index in [0.29, 0.717) is 0 Å². The number of rotatable bonds is 5. The molecule has 26 heavy (non-hydrogen) atoms. The van der Waals surface area contributed by atoms with Gasteiger partial charge in [-0.05, 0) is 0 Å². The molecule has 2 heterocycles. The van der Waals surface area contributed by atoms with Crippen LogP contribution in [0.5, 0.6) is 0 Å². The molecule has 0 saturated carbocycles. The molecule has 152 valence electrons. The van der Waals surface area contributed by atoms with Gasteiger partial charge in [0.1, 0.15) is 48.8 Å². The third-order valence-corrected chi connectivity index (χ3v) is 4.38. The van der Waals surface area contributed by atoms with Crippen molar-refractivity contribution in [1.82, 2.24) is 5.32 Å². The van der Waals surface area contributed by atoms with Crippen molar-refractivity contribution in [1.29, 1.82) is 0 Å². The normalized spacial score (nSPS) is 46.8. The van der Waals surface area contributed by atoms with Gasteiger partial charge in [-0.2, -0.15) is 0 Å². The van der Waals surface area contributed by atoms with E-state index in [2.05, 4.69) is 5.32 Å². The molecule has 0 radical (unpaired) electrons. The Labute approximate surface area is 148 Å². The van der Waals surface area contributed by atoms with Crippen molar-refractivity contribution in [2.75, 3.05) is 13.2 Å². The zero-order valence-corrected chi connectivity index (χ0v) is 14.0. The van der Waals surface area contributed by atoms with E-state index in [-0.39, 0.29) is 0 Å². The van der Waals surface area contributed by atoms with Crippen LogP contribution in [0.3, 0.4) is 0 Å². The second-order valence-electron chi connectivity index (χ2n) is 6.26. The highest BCUT2D eigenvalue weighted by Gasteiger charge is 2.50. The van der Waals surface area contributed by atoms with Gasteiger partial charge in [-0.1, -0.05) is 0 Å². The minimum absolute atomic E-state index is 0.581. The van der Waals surface area contributed by atoms with E-state index in [0.717, 1.165) is 6.92 Å². The zero-order chi connectivity index (χ0) is 19.6. The van der Waals surface area contributed by atoms with Crippen molar-refractivity contribution in [2.24, 2.45) is 0 Å². The zero-order valence-electron chi connectivity index (χ0n) is 14.0. The molecule has 8 N–H and O–H groups in total. The minimum Gasteiger partial charge on any atom is -0.394 e. The molecule has 2 aliphatic heterocycles. The summed E-state index contributed by atoms with van der Waals surface area (Å²) in [4.78, 5) is 11.4. The summed E-state index contributed by atoms with van der Waals surface area (Å²) in [7, 11) is 0. The fourth-order valence-electron chi connectivity index (χ4n) is 2.97. The smallest absolute Gasteiger partial charge is 0.217 e. The van der Waals surface area contributed by atoms with E-state index in [1.165, 1.54) is 0 Å². The molecule has 12 nitrogen and oxygen atoms in total. The largest absolute Gasteiger partial charge is 0.394 e. The van der Waals surface area contributed by atoms with Gasteiger partial charge in [0, 0.05) is 6.92 Å². The summed E-state index contributed by atoms with van der Waals surface area (Å²) in [6, 6.07) is -1.29. The molecule has 0 spiro atoms. The fourth-order valence-corrected chi connectivity index (χ4v) is 2.97. The highest BCUT2D eigenvalue weighted by Crippen LogP contribution is 2.28. The summed E-state index contributed by atoms with van der Waals surface area (Å²) in [5.41, 5.74) is 0. The number of amides is 1. The van der Waals surface area contributed by atoms with E-state index in [1.54, 1.807) is 0 Å². The van der Waals surface area contributed by atoms with Gasteiger partial charge in [-0.25, -0.2) is 0 Å². The Kier molecular flexibility index (Phi) is 7.27. The SMILES string of the molecule is CC(=O)N[C@H]1[C@@H](O[C@@H]2[C@@H](O)[C@@H](O)O[C@H](CO)[C@@H]2O)O[C@H](CO)[C@@H](O)[C@@H]1O. The van der Waals surface area contributed by atoms with Gasteiger partial charge >= 0.3 is 0 Å². The lowest BCUT2D eigenvalue weighted by atomic mass is 9.95. The van der Waals surface area contributed by atoms with Crippen LogP contribution in [-0.4, -0.2) is 116 Å². The average Bonchev–Trinajstić information content (AvgIpc) is 2.60. The molecule has 2 saturated heterocycles. The van der Waals surface area contributed by atoms with Gasteiger partial charge in [-0.3, -0.25) is 4.79 Å². The van der Waals surface area contributed by atoms with E-state index in [4.69, 9.17) is 14.2 Å². The van der Waals surface area contributed by atoms with Crippen molar-refractivity contribution in [3.8, 4) is 0 Å². The van der Waals surface area contributed by atoms with Crippen molar-refractivity contribution >= 4 is 5.91 Å². The van der Waals surface area contributed by atoms with Crippen LogP contribution in [0.1, 0.15) is 6.92 Å². The Bertz CT molecular complexity index is 480. The molecule has 0 aliphatic carbocycles. The van der Waals surface area contributed by atoms with Crippen molar-refractivity contribution in [2.45, 2.75) is 68.3 Å². The first kappa shape index (κ1) is 21.4. The van der Waals surface area contributed by atoms with Crippen LogP contribution in [0.25, 0.3) is 0 Å². The molecule has 12 heteroatoms. The maximum atomic E-state index is 11.4. The van der Waals surface area contributed by atoms with Gasteiger partial charge in [0.2, 0.25) is 5.91 Å². The third-order valence-electron chi connectivity index (χ3n) is 4.38. The standard InChI is InChI=1S/C14H25NO11/c1-4(18)15-7-10(21)8(19)5(2-16)25-14(7)26-12-9(20)6(3-17)24-13(23)11(12)22/h5-14,16-17,19-23H,2-3H2,1H3,(H,15,18)/t5-,6-,7-,8-,9+,10-,11-,12+,13+,14-/m1/s1. The number of carbonyl (C=O) groups excluding carboxylic acids is 1. The van der Waals surface area contributed by atoms with E-state index in [1.807, 2.05) is 0 Å². The number of hydrogen-bond donors (Lipinski definition) is 8. The molecule has 0 aromatic carbocycles. The van der Waals surface area contributed by atoms with Gasteiger partial charge in [-0.15, -0.1) is 0 Å². The Morgan fingerprint density at radius 1 is 0.923 bits per heavy atom. The maximum absolute atomic E-state index is 11.4. The molecule has 2 rings (SSSR count). The number of ether oxygens (including phenoxy) is 3. The van der Waals surface area contributed by atoms with E-state index >= 15 is 0 Å². The number of nitrogens with one attached hydrogen (secondary N) is 1. The lowest BCUT2D eigenvalue weighted by Gasteiger charge is -2.46. The Balaban J connectivity index is 2.22. The summed E-state index contributed by atoms with van der Waals surface area (Å²) in [6.07, 6.45) is -13.7. The van der Waals surface area contributed by atoms with Crippen LogP contribution in [0.4, 0.5) is 0 Å². The molecular formula is C14H25NO11. The number of carbonyl (C=O) groups is 1. The summed E-state index contributed by atoms with van der Waals surface area (Å²) in [5.74, 6) is -0.581. The van der Waals surface area contributed by atoms with E-state index in [9.17, 15) is 40.5 Å². The van der Waals surface area contributed by atoms with Gasteiger partial charge in [0.15, 0.2) is 12.6 Å². The molecule has 0 aromatic heterocycles. The lowest BCUT2D eigenvalue weighted by molar-refractivity contribution is -0.341. The number of aliphatic hydroxyl groups is 7. The first-order valence-corrected chi connectivity index (χ1v) is 8.06. The second kappa shape index (κ2) is 8.84. The maximum Gasteiger partial charge on any atom is 0.217 e. The summed E-state index contributed by atoms with van der Waals surface area (Å²) in [5, 5.41) is 70.8. The predicted octanol–water partition coefficient (Wildman–Crippen LogP) is -5.25. The molecule has 0 bridgehead atoms. The number of aliphatic hydroxyl groups excluding tert-OH is 7. The molecular weight excluding hydrogens is 358 g/mol. The first-order valence-electron chi connectivity index (χ1n) is 8.06. The van der Waals surface area contributed by atoms with Crippen LogP contribution >= 0.6 is 0 Å². The highest BCUT2D eigenvalue weighted by molar-refractivity contribution is 5.73. The van der Waals surface area contributed by atoms with Crippen LogP contribution < -0.4 is 5.32 Å². The Morgan fingerprint density at radius 3 is 2.04 bits per heavy atom. The Hall–Kier alpha value is -0.930. The minimum atomic E-state index is -1.77. The first-order chi connectivity index (χ1) is 12.2. The van der Waals surface area contributed by atoms with Gasteiger partial charge in [0.25, 0.3) is 0 Å². The molecule has 0 unspecified atom stereocenters. The monoisotopic (exact) mass is 383 g/mol. The topological polar surface area (TPSA) is 198 Å². The Morgan fingerprint density at radius 2 is 1.50 bits per heavy atom. The summed E-state index contributed by atoms with van der Waals surface area (Å²) >= 11 is 0. The van der Waals surface area contributed by atoms with Gasteiger partial charge in [0.05, 0.1) is 13.2 Å². The van der Waals surface area contributed by atoms with Crippen LogP contribution in [-0.2, 0) is 19.0 Å². The highest BCUT2D eigenvalue weighted by atomic mass is 16.7. The van der Waals surface area contributed by atoms with Gasteiger partial charge < -0.3 is 55.3 Å². The fraction of sp³-hybridized carbons (Fsp3) is 0.929. The predicted molar refractivity (Wildman–Crippen MR) is 80.2 cm³/mol. The van der Waals surface area contributed by atoms with E-state index < -0.39 is 80.5 Å². The molecule has 0 aromatic rings. The van der Waals surface area contributed by atoms with Crippen LogP contribution in [0, 0.1) is 0 Å². The summed E-state index contributed by atoms with van der Waals surface area (Å²) in [6.45, 7) is -0.199. The van der Waals surface area contributed by atoms with Crippen molar-refractivity contribution < 1.29 is 54.8 Å².